The van der Waals surface area contributed by atoms with E-state index in [2.05, 4.69) is 4.85 Å². The van der Waals surface area contributed by atoms with Crippen LogP contribution in [0.4, 0.5) is 30.2 Å². The van der Waals surface area contributed by atoms with Gasteiger partial charge < -0.3 is 9.47 Å². The van der Waals surface area contributed by atoms with Gasteiger partial charge in [-0.05, 0) is 49.2 Å². The minimum absolute atomic E-state index is 0.281. The molecule has 0 amide bonds. The highest BCUT2D eigenvalue weighted by Crippen LogP contribution is 2.36. The van der Waals surface area contributed by atoms with Crippen LogP contribution in [0.3, 0.4) is 0 Å². The molecule has 0 spiro atoms. The number of aryl methyl sites for hydroxylation is 2. The predicted molar refractivity (Wildman–Crippen MR) is 148 cm³/mol. The lowest BCUT2D eigenvalue weighted by Gasteiger charge is -2.17. The van der Waals surface area contributed by atoms with Gasteiger partial charge in [-0.25, -0.2) is 4.85 Å². The van der Waals surface area contributed by atoms with E-state index < -0.39 is 11.7 Å². The minimum atomic E-state index is -4.36. The smallest absolute Gasteiger partial charge is 0.416 e. The Hall–Kier alpha value is -4.90. The molecule has 0 N–H and O–H groups in total. The molecule has 40 heavy (non-hydrogen) atoms. The van der Waals surface area contributed by atoms with Gasteiger partial charge in [0.15, 0.2) is 18.1 Å². The number of hydrogen-bond donors (Lipinski definition) is 0. The molecular formula is C32H26F3N3O2+2. The third-order valence-electron chi connectivity index (χ3n) is 6.51. The zero-order valence-corrected chi connectivity index (χ0v) is 21.9. The quantitative estimate of drug-likeness (QED) is 0.192. The molecule has 0 bridgehead atoms. The summed E-state index contributed by atoms with van der Waals surface area (Å²) in [5, 5.41) is 0. The Morgan fingerprint density at radius 3 is 1.65 bits per heavy atom. The lowest BCUT2D eigenvalue weighted by Crippen LogP contribution is -2.22. The maximum absolute atomic E-state index is 12.9. The van der Waals surface area contributed by atoms with Crippen molar-refractivity contribution in [3.63, 3.8) is 0 Å². The molecule has 0 saturated heterocycles. The topological polar surface area (TPSA) is 28.8 Å². The third-order valence-corrected chi connectivity index (χ3v) is 6.51. The van der Waals surface area contributed by atoms with Gasteiger partial charge in [-0.3, -0.25) is 0 Å². The van der Waals surface area contributed by atoms with Crippen molar-refractivity contribution >= 4 is 29.5 Å². The summed E-state index contributed by atoms with van der Waals surface area (Å²) in [5.74, 6) is 1.38. The highest BCUT2D eigenvalue weighted by Gasteiger charge is 2.33. The molecule has 0 radical (unpaired) electrons. The Kier molecular flexibility index (Phi) is 7.39. The van der Waals surface area contributed by atoms with E-state index in [-0.39, 0.29) is 6.73 Å². The molecule has 8 heteroatoms. The summed E-state index contributed by atoms with van der Waals surface area (Å²) in [6, 6.07) is 25.4. The fourth-order valence-electron chi connectivity index (χ4n) is 4.61. The Morgan fingerprint density at radius 1 is 0.700 bits per heavy atom. The van der Waals surface area contributed by atoms with Gasteiger partial charge >= 0.3 is 6.18 Å². The SMILES string of the molecule is Cc1cc(C(F)(F)F)cc2c1OC[N+](c1ccccc1)=C2.[C-]#[N+]c1cc(C)c2c(c1)C=[N+](c1ccccc1)CO2. The van der Waals surface area contributed by atoms with Crippen molar-refractivity contribution in [1.29, 1.82) is 0 Å². The van der Waals surface area contributed by atoms with Crippen LogP contribution < -0.4 is 9.47 Å². The van der Waals surface area contributed by atoms with Crippen LogP contribution in [-0.2, 0) is 6.18 Å². The number of ether oxygens (including phenoxy) is 2. The Balaban J connectivity index is 0.000000162. The normalized spacial score (nSPS) is 13.6. The van der Waals surface area contributed by atoms with E-state index in [4.69, 9.17) is 16.0 Å². The zero-order valence-electron chi connectivity index (χ0n) is 21.9. The van der Waals surface area contributed by atoms with E-state index in [1.165, 1.54) is 0 Å². The van der Waals surface area contributed by atoms with Gasteiger partial charge in [-0.1, -0.05) is 36.4 Å². The van der Waals surface area contributed by atoms with Gasteiger partial charge in [0, 0.05) is 24.3 Å². The molecule has 0 unspecified atom stereocenters. The van der Waals surface area contributed by atoms with Crippen LogP contribution in [0.15, 0.2) is 84.9 Å². The predicted octanol–water partition coefficient (Wildman–Crippen LogP) is 7.79. The van der Waals surface area contributed by atoms with E-state index in [1.54, 1.807) is 17.7 Å². The summed E-state index contributed by atoms with van der Waals surface area (Å²) in [7, 11) is 0. The number of nitrogens with zero attached hydrogens (tertiary/aromatic N) is 3. The summed E-state index contributed by atoms with van der Waals surface area (Å²) < 4.78 is 53.9. The van der Waals surface area contributed by atoms with Gasteiger partial charge in [0.1, 0.15) is 11.5 Å². The maximum atomic E-state index is 12.9. The maximum Gasteiger partial charge on any atom is 0.416 e. The van der Waals surface area contributed by atoms with Gasteiger partial charge in [0.05, 0.1) is 23.3 Å². The molecule has 0 saturated carbocycles. The number of fused-ring (bicyclic) bond motifs is 2. The number of benzene rings is 4. The second-order valence-electron chi connectivity index (χ2n) is 9.42. The van der Waals surface area contributed by atoms with Gasteiger partial charge in [-0.2, -0.15) is 22.3 Å². The fraction of sp³-hybridized carbons (Fsp3) is 0.156. The standard InChI is InChI=1S/C16H13F3NO.C16H13N2O/c1-11-7-13(16(17,18)19)8-12-9-20(10-21-15(11)12)14-5-3-2-4-6-14;1-12-8-14(17-2)9-13-10-18(11-19-16(12)13)15-6-4-3-5-7-15/h2-9H,10H2,1H3;3-10H,11H2,1H3/q2*+1. The summed E-state index contributed by atoms with van der Waals surface area (Å²) in [6.45, 7) is 11.5. The van der Waals surface area contributed by atoms with Crippen molar-refractivity contribution in [2.75, 3.05) is 13.5 Å². The Labute approximate surface area is 230 Å². The van der Waals surface area contributed by atoms with E-state index in [0.29, 0.717) is 29.3 Å². The summed E-state index contributed by atoms with van der Waals surface area (Å²) >= 11 is 0. The van der Waals surface area contributed by atoms with Crippen LogP contribution in [0.2, 0.25) is 0 Å². The first-order valence-corrected chi connectivity index (χ1v) is 12.6. The van der Waals surface area contributed by atoms with E-state index in [1.807, 2.05) is 90.5 Å². The zero-order chi connectivity index (χ0) is 28.3. The number of para-hydroxylation sites is 2. The molecule has 0 atom stereocenters. The van der Waals surface area contributed by atoms with Crippen molar-refractivity contribution in [3.8, 4) is 11.5 Å². The van der Waals surface area contributed by atoms with Crippen LogP contribution in [0.5, 0.6) is 11.5 Å². The van der Waals surface area contributed by atoms with E-state index >= 15 is 0 Å². The average Bonchev–Trinajstić information content (AvgIpc) is 2.97. The third kappa shape index (κ3) is 5.74. The Morgan fingerprint density at radius 2 is 1.18 bits per heavy atom. The number of alkyl halides is 3. The van der Waals surface area contributed by atoms with Crippen molar-refractivity contribution in [2.24, 2.45) is 0 Å². The molecule has 0 aromatic heterocycles. The Bertz CT molecular complexity index is 1660. The van der Waals surface area contributed by atoms with Crippen molar-refractivity contribution in [1.82, 2.24) is 0 Å². The molecule has 2 aliphatic heterocycles. The highest BCUT2D eigenvalue weighted by atomic mass is 19.4. The molecule has 0 fully saturated rings. The molecule has 0 aliphatic carbocycles. The van der Waals surface area contributed by atoms with Crippen molar-refractivity contribution in [2.45, 2.75) is 20.0 Å². The molecule has 2 heterocycles. The van der Waals surface area contributed by atoms with Crippen LogP contribution >= 0.6 is 0 Å². The van der Waals surface area contributed by atoms with Crippen molar-refractivity contribution < 1.29 is 31.8 Å². The van der Waals surface area contributed by atoms with Gasteiger partial charge in [0.25, 0.3) is 13.5 Å². The molecular weight excluding hydrogens is 515 g/mol. The van der Waals surface area contributed by atoms with Crippen LogP contribution in [-0.4, -0.2) is 35.0 Å². The van der Waals surface area contributed by atoms with Gasteiger partial charge in [0.2, 0.25) is 11.4 Å². The lowest BCUT2D eigenvalue weighted by molar-refractivity contribution is -0.476. The monoisotopic (exact) mass is 541 g/mol. The van der Waals surface area contributed by atoms with E-state index in [0.717, 1.165) is 40.4 Å². The molecule has 6 rings (SSSR count). The van der Waals surface area contributed by atoms with Crippen LogP contribution in [0.25, 0.3) is 4.85 Å². The van der Waals surface area contributed by atoms with Crippen LogP contribution in [0, 0.1) is 20.4 Å². The summed E-state index contributed by atoms with van der Waals surface area (Å²) in [4.78, 5) is 3.49. The number of hydrogen-bond acceptors (Lipinski definition) is 2. The first-order valence-electron chi connectivity index (χ1n) is 12.6. The lowest BCUT2D eigenvalue weighted by atomic mass is 10.0. The molecule has 4 aromatic rings. The first-order chi connectivity index (χ1) is 19.2. The fourth-order valence-corrected chi connectivity index (χ4v) is 4.61. The number of halogens is 3. The molecule has 4 aromatic carbocycles. The second kappa shape index (κ2) is 11.1. The highest BCUT2D eigenvalue weighted by molar-refractivity contribution is 5.85. The van der Waals surface area contributed by atoms with Crippen molar-refractivity contribution in [3.05, 3.63) is 124 Å². The molecule has 200 valence electrons. The number of rotatable bonds is 2. The summed E-state index contributed by atoms with van der Waals surface area (Å²) in [6.07, 6.45) is -0.630. The van der Waals surface area contributed by atoms with E-state index in [9.17, 15) is 13.2 Å². The summed E-state index contributed by atoms with van der Waals surface area (Å²) in [5.41, 5.74) is 4.84. The minimum Gasteiger partial charge on any atom is -0.435 e. The largest absolute Gasteiger partial charge is 0.435 e. The van der Waals surface area contributed by atoms with Crippen LogP contribution in [0.1, 0.15) is 27.8 Å². The second-order valence-corrected chi connectivity index (χ2v) is 9.42. The first kappa shape index (κ1) is 26.7. The molecule has 2 aliphatic rings. The average molecular weight is 542 g/mol. The van der Waals surface area contributed by atoms with Gasteiger partial charge in [-0.15, -0.1) is 0 Å². The molecule has 5 nitrogen and oxygen atoms in total.